The minimum atomic E-state index is -0.190. The Hall–Kier alpha value is -1.66. The summed E-state index contributed by atoms with van der Waals surface area (Å²) >= 11 is 1.57. The number of aryl methyl sites for hydroxylation is 2. The number of carbonyl (C=O) groups is 1. The first kappa shape index (κ1) is 17.7. The van der Waals surface area contributed by atoms with Crippen LogP contribution < -0.4 is 0 Å². The van der Waals surface area contributed by atoms with Crippen LogP contribution in [0.1, 0.15) is 48.1 Å². The van der Waals surface area contributed by atoms with E-state index in [2.05, 4.69) is 60.0 Å². The van der Waals surface area contributed by atoms with Crippen LogP contribution in [0.25, 0.3) is 0 Å². The van der Waals surface area contributed by atoms with E-state index in [1.165, 1.54) is 22.2 Å². The molecule has 1 saturated heterocycles. The van der Waals surface area contributed by atoms with Crippen LogP contribution in [0.2, 0.25) is 0 Å². The molecule has 0 amide bonds. The fourth-order valence-corrected chi connectivity index (χ4v) is 5.77. The summed E-state index contributed by atoms with van der Waals surface area (Å²) in [5, 5.41) is 4.85. The Morgan fingerprint density at radius 3 is 2.58 bits per heavy atom. The minimum absolute atomic E-state index is 0.0569. The molecule has 5 nitrogen and oxygen atoms in total. The molecule has 0 radical (unpaired) electrons. The second-order valence-electron chi connectivity index (χ2n) is 7.99. The van der Waals surface area contributed by atoms with E-state index in [0.29, 0.717) is 17.7 Å². The molecule has 1 aromatic carbocycles. The maximum absolute atomic E-state index is 13.1. The largest absolute Gasteiger partial charge is 0.294 e. The van der Waals surface area contributed by atoms with E-state index in [0.717, 1.165) is 18.2 Å². The Morgan fingerprint density at radius 1 is 1.19 bits per heavy atom. The molecule has 4 rings (SSSR count). The van der Waals surface area contributed by atoms with Gasteiger partial charge >= 0.3 is 0 Å². The van der Waals surface area contributed by atoms with E-state index in [9.17, 15) is 4.79 Å². The number of benzene rings is 1. The van der Waals surface area contributed by atoms with Crippen LogP contribution in [-0.2, 0) is 0 Å². The molecule has 0 N–H and O–H groups in total. The van der Waals surface area contributed by atoms with Gasteiger partial charge in [-0.15, -0.1) is 5.10 Å². The quantitative estimate of drug-likeness (QED) is 0.824. The number of rotatable bonds is 3. The number of piperidine rings is 1. The normalized spacial score (nSPS) is 27.5. The number of nitrogens with zero attached hydrogens (tertiary/aromatic N) is 4. The number of fused-ring (bicyclic) bond motifs is 1. The highest BCUT2D eigenvalue weighted by Gasteiger charge is 2.44. The predicted molar refractivity (Wildman–Crippen MR) is 103 cm³/mol. The lowest BCUT2D eigenvalue weighted by Gasteiger charge is -2.41. The lowest BCUT2D eigenvalue weighted by atomic mass is 9.88. The number of hydrogen-bond acceptors (Lipinski definition) is 5. The van der Waals surface area contributed by atoms with Gasteiger partial charge in [0, 0.05) is 13.1 Å². The molecular weight excluding hydrogens is 344 g/mol. The van der Waals surface area contributed by atoms with Crippen molar-refractivity contribution in [1.82, 2.24) is 19.7 Å². The van der Waals surface area contributed by atoms with E-state index in [4.69, 9.17) is 0 Å². The molecule has 0 saturated carbocycles. The number of aromatic nitrogens is 3. The Morgan fingerprint density at radius 2 is 1.92 bits per heavy atom. The number of hydrogen-bond donors (Lipinski definition) is 0. The van der Waals surface area contributed by atoms with Crippen LogP contribution in [-0.4, -0.2) is 43.9 Å². The molecule has 2 aromatic rings. The van der Waals surface area contributed by atoms with Gasteiger partial charge in [0.15, 0.2) is 5.16 Å². The topological polar surface area (TPSA) is 51.0 Å². The summed E-state index contributed by atoms with van der Waals surface area (Å²) in [5.74, 6) is 2.00. The van der Waals surface area contributed by atoms with Gasteiger partial charge in [-0.2, -0.15) is 4.68 Å². The monoisotopic (exact) mass is 370 g/mol. The zero-order valence-electron chi connectivity index (χ0n) is 15.8. The molecule has 1 fully saturated rings. The maximum Gasteiger partial charge on any atom is 0.264 e. The highest BCUT2D eigenvalue weighted by atomic mass is 32.2. The van der Waals surface area contributed by atoms with Gasteiger partial charge in [-0.25, -0.2) is 4.98 Å². The predicted octanol–water partition coefficient (Wildman–Crippen LogP) is 3.73. The first-order valence-corrected chi connectivity index (χ1v) is 10.3. The third kappa shape index (κ3) is 3.21. The summed E-state index contributed by atoms with van der Waals surface area (Å²) in [7, 11) is 0. The molecule has 1 aromatic heterocycles. The lowest BCUT2D eigenvalue weighted by Crippen LogP contribution is -2.46. The van der Waals surface area contributed by atoms with Crippen LogP contribution >= 0.6 is 11.8 Å². The van der Waals surface area contributed by atoms with Gasteiger partial charge in [0.05, 0.1) is 6.04 Å². The molecule has 2 aliphatic heterocycles. The highest BCUT2D eigenvalue weighted by molar-refractivity contribution is 8.00. The molecule has 0 spiro atoms. The molecule has 2 aliphatic rings. The number of thioether (sulfide) groups is 1. The van der Waals surface area contributed by atoms with Crippen molar-refractivity contribution >= 4 is 17.7 Å². The molecule has 138 valence electrons. The van der Waals surface area contributed by atoms with Crippen molar-refractivity contribution in [3.63, 3.8) is 0 Å². The highest BCUT2D eigenvalue weighted by Crippen LogP contribution is 2.42. The molecular formula is C20H26N4OS. The van der Waals surface area contributed by atoms with Crippen molar-refractivity contribution in [1.29, 1.82) is 0 Å². The van der Waals surface area contributed by atoms with Crippen molar-refractivity contribution in [2.24, 2.45) is 11.8 Å². The Kier molecular flexibility index (Phi) is 4.65. The van der Waals surface area contributed by atoms with Crippen LogP contribution in [0.3, 0.4) is 0 Å². The lowest BCUT2D eigenvalue weighted by molar-refractivity contribution is 0.0712. The van der Waals surface area contributed by atoms with Crippen molar-refractivity contribution < 1.29 is 4.79 Å². The number of likely N-dealkylation sites (tertiary alicyclic amines) is 1. The summed E-state index contributed by atoms with van der Waals surface area (Å²) in [4.78, 5) is 20.1. The average molecular weight is 371 g/mol. The van der Waals surface area contributed by atoms with Crippen LogP contribution in [0.15, 0.2) is 29.4 Å². The van der Waals surface area contributed by atoms with E-state index in [1.54, 1.807) is 11.8 Å². The summed E-state index contributed by atoms with van der Waals surface area (Å²) < 4.78 is 1.50. The number of carbonyl (C=O) groups excluding carboxylic acids is 1. The standard InChI is InChI=1S/C20H26N4OS/c1-12-6-5-7-16(9-12)17(23-10-13(2)8-14(3)11-23)18-19(25)24-20(26-18)21-15(4)22-24/h5-7,9,13-14,17-18H,8,10-11H2,1-4H3. The average Bonchev–Trinajstić information content (AvgIpc) is 3.05. The van der Waals surface area contributed by atoms with Crippen molar-refractivity contribution in [3.05, 3.63) is 41.2 Å². The zero-order valence-corrected chi connectivity index (χ0v) is 16.7. The van der Waals surface area contributed by atoms with E-state index in [-0.39, 0.29) is 17.2 Å². The molecule has 4 atom stereocenters. The first-order chi connectivity index (χ1) is 12.4. The van der Waals surface area contributed by atoms with E-state index in [1.807, 2.05) is 6.92 Å². The third-order valence-corrected chi connectivity index (χ3v) is 6.52. The van der Waals surface area contributed by atoms with Crippen LogP contribution in [0.4, 0.5) is 0 Å². The van der Waals surface area contributed by atoms with Crippen molar-refractivity contribution in [2.75, 3.05) is 13.1 Å². The first-order valence-electron chi connectivity index (χ1n) is 9.37. The summed E-state index contributed by atoms with van der Waals surface area (Å²) in [5.41, 5.74) is 2.45. The third-order valence-electron chi connectivity index (χ3n) is 5.33. The smallest absolute Gasteiger partial charge is 0.264 e. The van der Waals surface area contributed by atoms with Gasteiger partial charge in [-0.1, -0.05) is 55.4 Å². The minimum Gasteiger partial charge on any atom is -0.294 e. The molecule has 6 heteroatoms. The summed E-state index contributed by atoms with van der Waals surface area (Å²) in [6.45, 7) is 10.6. The van der Waals surface area contributed by atoms with Gasteiger partial charge in [0.25, 0.3) is 5.91 Å². The van der Waals surface area contributed by atoms with Gasteiger partial charge in [-0.3, -0.25) is 9.69 Å². The van der Waals surface area contributed by atoms with Gasteiger partial charge < -0.3 is 0 Å². The van der Waals surface area contributed by atoms with Crippen molar-refractivity contribution in [2.45, 2.75) is 50.6 Å². The molecule has 3 heterocycles. The Labute approximate surface area is 159 Å². The Balaban J connectivity index is 1.72. The zero-order chi connectivity index (χ0) is 18.4. The fourth-order valence-electron chi connectivity index (χ4n) is 4.47. The van der Waals surface area contributed by atoms with E-state index < -0.39 is 0 Å². The van der Waals surface area contributed by atoms with Gasteiger partial charge in [-0.05, 0) is 37.7 Å². The van der Waals surface area contributed by atoms with Crippen LogP contribution in [0.5, 0.6) is 0 Å². The molecule has 0 aliphatic carbocycles. The van der Waals surface area contributed by atoms with Crippen molar-refractivity contribution in [3.8, 4) is 0 Å². The maximum atomic E-state index is 13.1. The molecule has 26 heavy (non-hydrogen) atoms. The Bertz CT molecular complexity index is 823. The molecule has 0 bridgehead atoms. The van der Waals surface area contributed by atoms with E-state index >= 15 is 0 Å². The van der Waals surface area contributed by atoms with Crippen LogP contribution in [0, 0.1) is 25.7 Å². The second kappa shape index (κ2) is 6.82. The van der Waals surface area contributed by atoms with Gasteiger partial charge in [0.1, 0.15) is 11.1 Å². The fraction of sp³-hybridized carbons (Fsp3) is 0.550. The van der Waals surface area contributed by atoms with Gasteiger partial charge in [0.2, 0.25) is 0 Å². The SMILES string of the molecule is Cc1cccc(C(C2Sc3nc(C)nn3C2=O)N2CC(C)CC(C)C2)c1. The summed E-state index contributed by atoms with van der Waals surface area (Å²) in [6.07, 6.45) is 1.26. The summed E-state index contributed by atoms with van der Waals surface area (Å²) in [6, 6.07) is 8.65. The molecule has 4 unspecified atom stereocenters. The second-order valence-corrected chi connectivity index (χ2v) is 9.10.